The third kappa shape index (κ3) is 4.55. The third-order valence-corrected chi connectivity index (χ3v) is 7.34. The van der Waals surface area contributed by atoms with Crippen LogP contribution in [0.1, 0.15) is 56.0 Å². The highest BCUT2D eigenvalue weighted by Crippen LogP contribution is 2.34. The van der Waals surface area contributed by atoms with Crippen LogP contribution in [0, 0.1) is 31.0 Å². The Bertz CT molecular complexity index is 1680. The van der Waals surface area contributed by atoms with Gasteiger partial charge in [-0.1, -0.05) is 25.5 Å². The Labute approximate surface area is 227 Å². The summed E-state index contributed by atoms with van der Waals surface area (Å²) in [6, 6.07) is 10.6. The lowest BCUT2D eigenvalue weighted by Crippen LogP contribution is -2.56. The number of hydrogen-bond acceptors (Lipinski definition) is 7. The van der Waals surface area contributed by atoms with Crippen LogP contribution < -0.4 is 15.9 Å². The quantitative estimate of drug-likeness (QED) is 0.409. The van der Waals surface area contributed by atoms with Crippen molar-refractivity contribution in [3.05, 3.63) is 75.2 Å². The minimum Gasteiger partial charge on any atom is -0.348 e. The molecule has 3 aromatic heterocycles. The number of anilines is 1. The number of fused-ring (bicyclic) bond motifs is 1. The molecule has 1 N–H and O–H groups in total. The van der Waals surface area contributed by atoms with Crippen molar-refractivity contribution in [3.8, 4) is 23.0 Å². The summed E-state index contributed by atoms with van der Waals surface area (Å²) in [7, 11) is 0. The smallest absolute Gasteiger partial charge is 0.348 e. The van der Waals surface area contributed by atoms with E-state index in [1.807, 2.05) is 33.8 Å². The Kier molecular flexibility index (Phi) is 6.91. The van der Waals surface area contributed by atoms with E-state index in [9.17, 15) is 10.1 Å². The van der Waals surface area contributed by atoms with Crippen molar-refractivity contribution in [3.63, 3.8) is 0 Å². The molecule has 5 rings (SSSR count). The van der Waals surface area contributed by atoms with Gasteiger partial charge in [0, 0.05) is 36.9 Å². The van der Waals surface area contributed by atoms with Gasteiger partial charge in [-0.25, -0.2) is 18.7 Å². The van der Waals surface area contributed by atoms with E-state index in [0.29, 0.717) is 22.5 Å². The van der Waals surface area contributed by atoms with Crippen molar-refractivity contribution < 1.29 is 4.39 Å². The molecule has 0 saturated carbocycles. The summed E-state index contributed by atoms with van der Waals surface area (Å²) < 4.78 is 16.6. The van der Waals surface area contributed by atoms with Gasteiger partial charge < -0.3 is 10.2 Å². The van der Waals surface area contributed by atoms with Crippen LogP contribution >= 0.6 is 0 Å². The standard InChI is InChI=1S/C30H32FN7O/c1-16(2)25-27(18(4)9-10-34-25)38-28-23(29(36-30(38)39)37-19(5)14-33-15-20(37)6)12-21(13-32)26(35-28)22-11-17(3)7-8-24(22)31/h7-12,16,19-20,33H,14-15H2,1-6H3/t19-,20+. The monoisotopic (exact) mass is 525 g/mol. The molecular formula is C30H32FN7O. The molecule has 2 atom stereocenters. The molecule has 1 aliphatic rings. The van der Waals surface area contributed by atoms with Crippen LogP contribution in [0.5, 0.6) is 0 Å². The molecule has 8 nitrogen and oxygen atoms in total. The van der Waals surface area contributed by atoms with E-state index in [0.717, 1.165) is 29.9 Å². The minimum absolute atomic E-state index is 0.0156. The number of hydrogen-bond donors (Lipinski definition) is 1. The predicted molar refractivity (Wildman–Crippen MR) is 151 cm³/mol. The molecule has 1 aromatic carbocycles. The van der Waals surface area contributed by atoms with Gasteiger partial charge in [-0.15, -0.1) is 0 Å². The normalized spacial score (nSPS) is 17.6. The molecule has 0 amide bonds. The summed E-state index contributed by atoms with van der Waals surface area (Å²) in [4.78, 5) is 30.2. The molecule has 9 heteroatoms. The maximum atomic E-state index is 15.1. The first-order valence-electron chi connectivity index (χ1n) is 13.2. The summed E-state index contributed by atoms with van der Waals surface area (Å²) in [6.45, 7) is 13.4. The number of aromatic nitrogens is 4. The number of piperazine rings is 1. The number of pyridine rings is 2. The van der Waals surface area contributed by atoms with Gasteiger partial charge in [0.15, 0.2) is 5.65 Å². The Hall–Kier alpha value is -4.16. The summed E-state index contributed by atoms with van der Waals surface area (Å²) in [5.74, 6) is -0.000586. The lowest BCUT2D eigenvalue weighted by Gasteiger charge is -2.40. The van der Waals surface area contributed by atoms with E-state index in [2.05, 4.69) is 40.1 Å². The highest BCUT2D eigenvalue weighted by molar-refractivity contribution is 5.92. The Balaban J connectivity index is 1.96. The molecule has 4 heterocycles. The van der Waals surface area contributed by atoms with Crippen molar-refractivity contribution in [1.29, 1.82) is 5.26 Å². The molecule has 1 saturated heterocycles. The molecule has 39 heavy (non-hydrogen) atoms. The van der Waals surface area contributed by atoms with Crippen molar-refractivity contribution in [2.75, 3.05) is 18.0 Å². The molecule has 1 fully saturated rings. The number of rotatable bonds is 4. The second-order valence-electron chi connectivity index (χ2n) is 10.7. The number of nitriles is 1. The highest BCUT2D eigenvalue weighted by atomic mass is 19.1. The van der Waals surface area contributed by atoms with Crippen molar-refractivity contribution in [2.45, 2.75) is 59.5 Å². The first-order valence-corrected chi connectivity index (χ1v) is 13.2. The van der Waals surface area contributed by atoms with Gasteiger partial charge >= 0.3 is 5.69 Å². The molecule has 0 bridgehead atoms. The fraction of sp³-hybridized carbons (Fsp3) is 0.367. The predicted octanol–water partition coefficient (Wildman–Crippen LogP) is 4.78. The molecule has 1 aliphatic heterocycles. The molecule has 0 spiro atoms. The lowest BCUT2D eigenvalue weighted by atomic mass is 10.0. The van der Waals surface area contributed by atoms with E-state index >= 15 is 4.39 Å². The Morgan fingerprint density at radius 3 is 2.49 bits per heavy atom. The van der Waals surface area contributed by atoms with Crippen LogP contribution in [0.15, 0.2) is 41.3 Å². The van der Waals surface area contributed by atoms with Crippen LogP contribution in [-0.2, 0) is 0 Å². The maximum absolute atomic E-state index is 15.1. The number of nitrogens with one attached hydrogen (secondary N) is 1. The van der Waals surface area contributed by atoms with Gasteiger partial charge in [-0.2, -0.15) is 10.2 Å². The first-order chi connectivity index (χ1) is 18.6. The topological polar surface area (TPSA) is 99.7 Å². The van der Waals surface area contributed by atoms with E-state index in [4.69, 9.17) is 4.98 Å². The fourth-order valence-electron chi connectivity index (χ4n) is 5.47. The zero-order valence-corrected chi connectivity index (χ0v) is 23.1. The van der Waals surface area contributed by atoms with E-state index in [1.54, 1.807) is 24.4 Å². The largest absolute Gasteiger partial charge is 0.355 e. The van der Waals surface area contributed by atoms with Gasteiger partial charge in [0.2, 0.25) is 0 Å². The molecule has 0 aliphatic carbocycles. The Morgan fingerprint density at radius 2 is 1.82 bits per heavy atom. The average Bonchev–Trinajstić information content (AvgIpc) is 2.89. The number of nitrogens with zero attached hydrogens (tertiary/aromatic N) is 6. The molecular weight excluding hydrogens is 493 g/mol. The number of benzene rings is 1. The van der Waals surface area contributed by atoms with Gasteiger partial charge in [0.05, 0.1) is 28.0 Å². The summed E-state index contributed by atoms with van der Waals surface area (Å²) in [5.41, 5.74) is 3.43. The first kappa shape index (κ1) is 26.4. The van der Waals surface area contributed by atoms with Gasteiger partial charge in [0.25, 0.3) is 0 Å². The van der Waals surface area contributed by atoms with Crippen LogP contribution in [-0.4, -0.2) is 44.7 Å². The summed E-state index contributed by atoms with van der Waals surface area (Å²) in [6.07, 6.45) is 1.72. The van der Waals surface area contributed by atoms with E-state index < -0.39 is 11.5 Å². The SMILES string of the molecule is Cc1ccc(F)c(-c2nc3c(cc2C#N)c(N2[C@H](C)CNC[C@@H]2C)nc(=O)n3-c2c(C)ccnc2C(C)C)c1. The molecule has 0 radical (unpaired) electrons. The zero-order chi connectivity index (χ0) is 28.0. The lowest BCUT2D eigenvalue weighted by molar-refractivity contribution is 0.429. The highest BCUT2D eigenvalue weighted by Gasteiger charge is 2.30. The van der Waals surface area contributed by atoms with Gasteiger partial charge in [-0.05, 0) is 63.4 Å². The maximum Gasteiger partial charge on any atom is 0.355 e. The number of aryl methyl sites for hydroxylation is 2. The van der Waals surface area contributed by atoms with Crippen LogP contribution in [0.3, 0.4) is 0 Å². The van der Waals surface area contributed by atoms with Crippen LogP contribution in [0.2, 0.25) is 0 Å². The Morgan fingerprint density at radius 1 is 1.10 bits per heavy atom. The fourth-order valence-corrected chi connectivity index (χ4v) is 5.47. The second-order valence-corrected chi connectivity index (χ2v) is 10.7. The number of halogens is 1. The molecule has 0 unspecified atom stereocenters. The van der Waals surface area contributed by atoms with Crippen molar-refractivity contribution in [2.24, 2.45) is 0 Å². The summed E-state index contributed by atoms with van der Waals surface area (Å²) >= 11 is 0. The van der Waals surface area contributed by atoms with E-state index in [1.165, 1.54) is 10.6 Å². The zero-order valence-electron chi connectivity index (χ0n) is 23.1. The van der Waals surface area contributed by atoms with Crippen molar-refractivity contribution >= 4 is 16.9 Å². The molecule has 4 aromatic rings. The van der Waals surface area contributed by atoms with Crippen LogP contribution in [0.4, 0.5) is 10.2 Å². The minimum atomic E-state index is -0.499. The third-order valence-electron chi connectivity index (χ3n) is 7.34. The second kappa shape index (κ2) is 10.2. The van der Waals surface area contributed by atoms with E-state index in [-0.39, 0.29) is 34.8 Å². The van der Waals surface area contributed by atoms with Crippen LogP contribution in [0.25, 0.3) is 28.0 Å². The summed E-state index contributed by atoms with van der Waals surface area (Å²) in [5, 5.41) is 14.1. The molecule has 200 valence electrons. The average molecular weight is 526 g/mol. The van der Waals surface area contributed by atoms with Gasteiger partial charge in [-0.3, -0.25) is 4.98 Å². The van der Waals surface area contributed by atoms with Gasteiger partial charge in [0.1, 0.15) is 17.7 Å². The van der Waals surface area contributed by atoms with Crippen molar-refractivity contribution in [1.82, 2.24) is 24.8 Å².